The summed E-state index contributed by atoms with van der Waals surface area (Å²) in [7, 11) is 3.63. The van der Waals surface area contributed by atoms with Crippen molar-refractivity contribution in [1.82, 2.24) is 10.4 Å². The maximum absolute atomic E-state index is 11.8. The molecule has 3 heteroatoms. The molecule has 0 saturated heterocycles. The highest BCUT2D eigenvalue weighted by molar-refractivity contribution is 5.82. The molecule has 0 aliphatic rings. The zero-order valence-corrected chi connectivity index (χ0v) is 9.86. The first kappa shape index (κ1) is 12.4. The second-order valence-electron chi connectivity index (χ2n) is 5.21. The van der Waals surface area contributed by atoms with E-state index in [1.54, 1.807) is 5.01 Å². The number of carbonyl (C=O) groups is 1. The first-order valence-electron chi connectivity index (χ1n) is 4.57. The Morgan fingerprint density at radius 2 is 1.46 bits per heavy atom. The molecule has 0 fully saturated rings. The number of carbonyl (C=O) groups excluding carboxylic acids is 1. The lowest BCUT2D eigenvalue weighted by atomic mass is 9.69. The number of rotatable bonds is 2. The number of hydrazine groups is 1. The summed E-state index contributed by atoms with van der Waals surface area (Å²) in [6.07, 6.45) is 0. The summed E-state index contributed by atoms with van der Waals surface area (Å²) in [5, 5.41) is 1.68. The van der Waals surface area contributed by atoms with E-state index < -0.39 is 0 Å². The van der Waals surface area contributed by atoms with E-state index in [0.29, 0.717) is 0 Å². The maximum atomic E-state index is 11.8. The van der Waals surface area contributed by atoms with Gasteiger partial charge in [0, 0.05) is 19.5 Å². The third kappa shape index (κ3) is 2.99. The fraction of sp³-hybridized carbons (Fsp3) is 0.900. The van der Waals surface area contributed by atoms with Gasteiger partial charge in [-0.25, -0.2) is 5.01 Å². The number of nitrogens with zero attached hydrogens (tertiary/aromatic N) is 1. The van der Waals surface area contributed by atoms with Crippen LogP contribution in [0.15, 0.2) is 0 Å². The molecule has 0 aliphatic carbocycles. The molecule has 0 spiro atoms. The molecule has 0 saturated carbocycles. The Morgan fingerprint density at radius 1 is 1.08 bits per heavy atom. The lowest BCUT2D eigenvalue weighted by Crippen LogP contribution is -2.49. The van der Waals surface area contributed by atoms with Gasteiger partial charge in [0.05, 0.1) is 0 Å². The van der Waals surface area contributed by atoms with Crippen molar-refractivity contribution >= 4 is 5.91 Å². The van der Waals surface area contributed by atoms with Gasteiger partial charge in [-0.2, -0.15) is 0 Å². The van der Waals surface area contributed by atoms with Gasteiger partial charge in [0.15, 0.2) is 0 Å². The van der Waals surface area contributed by atoms with Crippen LogP contribution in [-0.4, -0.2) is 25.0 Å². The first-order valence-corrected chi connectivity index (χ1v) is 4.57. The van der Waals surface area contributed by atoms with Crippen LogP contribution in [-0.2, 0) is 4.79 Å². The zero-order valence-electron chi connectivity index (χ0n) is 9.86. The Hall–Kier alpha value is -0.570. The van der Waals surface area contributed by atoms with E-state index in [1.807, 2.05) is 27.9 Å². The van der Waals surface area contributed by atoms with Gasteiger partial charge >= 0.3 is 0 Å². The van der Waals surface area contributed by atoms with E-state index in [1.165, 1.54) is 0 Å². The van der Waals surface area contributed by atoms with Crippen LogP contribution in [0.25, 0.3) is 0 Å². The summed E-state index contributed by atoms with van der Waals surface area (Å²) in [5.41, 5.74) is 2.39. The van der Waals surface area contributed by atoms with Crippen molar-refractivity contribution in [2.75, 3.05) is 14.1 Å². The van der Waals surface area contributed by atoms with Crippen LogP contribution in [0, 0.1) is 10.8 Å². The molecule has 13 heavy (non-hydrogen) atoms. The summed E-state index contributed by atoms with van der Waals surface area (Å²) >= 11 is 0. The molecule has 1 N–H and O–H groups in total. The highest BCUT2D eigenvalue weighted by Crippen LogP contribution is 2.37. The predicted octanol–water partition coefficient (Wildman–Crippen LogP) is 1.65. The van der Waals surface area contributed by atoms with Gasteiger partial charge in [-0.3, -0.25) is 10.2 Å². The molecule has 0 aromatic heterocycles. The number of hydrogen-bond donors (Lipinski definition) is 1. The molecule has 0 radical (unpaired) electrons. The topological polar surface area (TPSA) is 32.3 Å². The minimum absolute atomic E-state index is 0.0346. The minimum atomic E-state index is -0.364. The molecular weight excluding hydrogens is 164 g/mol. The molecule has 0 heterocycles. The van der Waals surface area contributed by atoms with Gasteiger partial charge in [0.1, 0.15) is 0 Å². The van der Waals surface area contributed by atoms with Crippen LogP contribution in [0.3, 0.4) is 0 Å². The average Bonchev–Trinajstić information content (AvgIpc) is 1.82. The normalized spacial score (nSPS) is 13.2. The Balaban J connectivity index is 4.56. The molecule has 0 aromatic carbocycles. The third-order valence-electron chi connectivity index (χ3n) is 2.77. The number of amides is 1. The summed E-state index contributed by atoms with van der Waals surface area (Å²) in [6, 6.07) is 0. The van der Waals surface area contributed by atoms with Crippen molar-refractivity contribution in [3.05, 3.63) is 0 Å². The zero-order chi connectivity index (χ0) is 10.9. The van der Waals surface area contributed by atoms with Crippen LogP contribution < -0.4 is 5.43 Å². The van der Waals surface area contributed by atoms with Crippen LogP contribution in [0.2, 0.25) is 0 Å². The maximum Gasteiger partial charge on any atom is 0.240 e. The lowest BCUT2D eigenvalue weighted by Gasteiger charge is -2.37. The van der Waals surface area contributed by atoms with Crippen molar-refractivity contribution in [2.24, 2.45) is 10.8 Å². The van der Waals surface area contributed by atoms with Gasteiger partial charge < -0.3 is 0 Å². The third-order valence-corrected chi connectivity index (χ3v) is 2.77. The molecule has 78 valence electrons. The van der Waals surface area contributed by atoms with Gasteiger partial charge in [-0.15, -0.1) is 0 Å². The van der Waals surface area contributed by atoms with Crippen molar-refractivity contribution in [1.29, 1.82) is 0 Å². The second kappa shape index (κ2) is 3.66. The largest absolute Gasteiger partial charge is 0.289 e. The van der Waals surface area contributed by atoms with E-state index >= 15 is 0 Å². The first-order chi connectivity index (χ1) is 5.59. The Labute approximate surface area is 81.5 Å². The molecular formula is C10H22N2O. The molecule has 0 atom stereocenters. The highest BCUT2D eigenvalue weighted by Gasteiger charge is 2.39. The molecule has 0 rings (SSSR count). The van der Waals surface area contributed by atoms with Gasteiger partial charge in [-0.1, -0.05) is 34.6 Å². The predicted molar refractivity (Wildman–Crippen MR) is 55.1 cm³/mol. The number of hydrogen-bond acceptors (Lipinski definition) is 2. The van der Waals surface area contributed by atoms with Crippen molar-refractivity contribution in [2.45, 2.75) is 34.6 Å². The SMILES string of the molecule is CN(C)NC(=O)C(C)(C)C(C)(C)C. The van der Waals surface area contributed by atoms with Crippen molar-refractivity contribution in [3.8, 4) is 0 Å². The van der Waals surface area contributed by atoms with Gasteiger partial charge in [0.2, 0.25) is 5.91 Å². The van der Waals surface area contributed by atoms with E-state index in [9.17, 15) is 4.79 Å². The number of nitrogens with one attached hydrogen (secondary N) is 1. The molecule has 1 amide bonds. The van der Waals surface area contributed by atoms with Crippen LogP contribution in [0.4, 0.5) is 0 Å². The average molecular weight is 186 g/mol. The molecule has 3 nitrogen and oxygen atoms in total. The fourth-order valence-corrected chi connectivity index (χ4v) is 0.683. The summed E-state index contributed by atoms with van der Waals surface area (Å²) in [5.74, 6) is 0.0602. The highest BCUT2D eigenvalue weighted by atomic mass is 16.2. The van der Waals surface area contributed by atoms with E-state index in [-0.39, 0.29) is 16.7 Å². The Kier molecular flexibility index (Phi) is 3.50. The molecule has 0 aromatic rings. The Morgan fingerprint density at radius 3 is 1.69 bits per heavy atom. The standard InChI is InChI=1S/C10H22N2O/c1-9(2,3)10(4,5)8(13)11-12(6)7/h1-7H3,(H,11,13). The van der Waals surface area contributed by atoms with Crippen molar-refractivity contribution < 1.29 is 4.79 Å². The minimum Gasteiger partial charge on any atom is -0.289 e. The van der Waals surface area contributed by atoms with Crippen LogP contribution >= 0.6 is 0 Å². The van der Waals surface area contributed by atoms with Crippen LogP contribution in [0.1, 0.15) is 34.6 Å². The van der Waals surface area contributed by atoms with E-state index in [4.69, 9.17) is 0 Å². The van der Waals surface area contributed by atoms with Crippen molar-refractivity contribution in [3.63, 3.8) is 0 Å². The Bertz CT molecular complexity index is 190. The van der Waals surface area contributed by atoms with Crippen LogP contribution in [0.5, 0.6) is 0 Å². The molecule has 0 unspecified atom stereocenters. The van der Waals surface area contributed by atoms with Gasteiger partial charge in [0.25, 0.3) is 0 Å². The fourth-order valence-electron chi connectivity index (χ4n) is 0.683. The molecule has 0 aliphatic heterocycles. The lowest BCUT2D eigenvalue weighted by molar-refractivity contribution is -0.138. The summed E-state index contributed by atoms with van der Waals surface area (Å²) in [6.45, 7) is 10.1. The molecule has 0 bridgehead atoms. The quantitative estimate of drug-likeness (QED) is 0.665. The van der Waals surface area contributed by atoms with Gasteiger partial charge in [-0.05, 0) is 5.41 Å². The van der Waals surface area contributed by atoms with E-state index in [2.05, 4.69) is 26.2 Å². The second-order valence-corrected chi connectivity index (χ2v) is 5.21. The monoisotopic (exact) mass is 186 g/mol. The summed E-state index contributed by atoms with van der Waals surface area (Å²) in [4.78, 5) is 11.8. The van der Waals surface area contributed by atoms with E-state index in [0.717, 1.165) is 0 Å². The summed E-state index contributed by atoms with van der Waals surface area (Å²) < 4.78 is 0. The smallest absolute Gasteiger partial charge is 0.240 e.